The first kappa shape index (κ1) is 12.3. The van der Waals surface area contributed by atoms with Crippen LogP contribution in [0.4, 0.5) is 5.82 Å². The standard InChI is InChI=1S/C15H16N6/c1-21-15-12(9-17-21)14(18-11-3-2-4-11)19-13(20-15)10-5-7-16-8-6-10/h5-9,11H,2-4H2,1H3,(H,18,19,20). The fourth-order valence-electron chi connectivity index (χ4n) is 2.51. The minimum Gasteiger partial charge on any atom is -0.367 e. The van der Waals surface area contributed by atoms with Crippen LogP contribution in [0.5, 0.6) is 0 Å². The van der Waals surface area contributed by atoms with E-state index in [9.17, 15) is 0 Å². The van der Waals surface area contributed by atoms with Gasteiger partial charge in [-0.15, -0.1) is 0 Å². The van der Waals surface area contributed by atoms with E-state index in [4.69, 9.17) is 4.98 Å². The zero-order chi connectivity index (χ0) is 14.2. The van der Waals surface area contributed by atoms with Crippen molar-refractivity contribution in [3.05, 3.63) is 30.7 Å². The molecule has 106 valence electrons. The third-order valence-electron chi connectivity index (χ3n) is 3.98. The van der Waals surface area contributed by atoms with Gasteiger partial charge in [0.15, 0.2) is 11.5 Å². The van der Waals surface area contributed by atoms with Crippen molar-refractivity contribution in [3.8, 4) is 11.4 Å². The van der Waals surface area contributed by atoms with Crippen LogP contribution in [-0.2, 0) is 7.05 Å². The van der Waals surface area contributed by atoms with Gasteiger partial charge in [0.1, 0.15) is 5.82 Å². The van der Waals surface area contributed by atoms with Crippen LogP contribution >= 0.6 is 0 Å². The maximum absolute atomic E-state index is 4.70. The number of hydrogen-bond acceptors (Lipinski definition) is 5. The maximum atomic E-state index is 4.70. The molecule has 0 spiro atoms. The zero-order valence-corrected chi connectivity index (χ0v) is 11.8. The number of aryl methyl sites for hydroxylation is 1. The highest BCUT2D eigenvalue weighted by Gasteiger charge is 2.20. The first-order chi connectivity index (χ1) is 10.3. The molecule has 21 heavy (non-hydrogen) atoms. The maximum Gasteiger partial charge on any atom is 0.164 e. The summed E-state index contributed by atoms with van der Waals surface area (Å²) >= 11 is 0. The van der Waals surface area contributed by atoms with Gasteiger partial charge < -0.3 is 5.32 Å². The van der Waals surface area contributed by atoms with Crippen molar-refractivity contribution in [2.24, 2.45) is 7.05 Å². The lowest BCUT2D eigenvalue weighted by atomic mass is 9.93. The second-order valence-corrected chi connectivity index (χ2v) is 5.41. The third-order valence-corrected chi connectivity index (χ3v) is 3.98. The Hall–Kier alpha value is -2.50. The van der Waals surface area contributed by atoms with E-state index >= 15 is 0 Å². The molecule has 1 fully saturated rings. The van der Waals surface area contributed by atoms with Gasteiger partial charge in [-0.25, -0.2) is 9.97 Å². The van der Waals surface area contributed by atoms with Gasteiger partial charge in [-0.1, -0.05) is 0 Å². The van der Waals surface area contributed by atoms with Crippen LogP contribution in [0.2, 0.25) is 0 Å². The quantitative estimate of drug-likeness (QED) is 0.797. The van der Waals surface area contributed by atoms with Crippen molar-refractivity contribution in [3.63, 3.8) is 0 Å². The molecule has 0 bridgehead atoms. The molecule has 3 aromatic rings. The second-order valence-electron chi connectivity index (χ2n) is 5.41. The molecule has 0 radical (unpaired) electrons. The summed E-state index contributed by atoms with van der Waals surface area (Å²) in [7, 11) is 1.90. The predicted molar refractivity (Wildman–Crippen MR) is 80.8 cm³/mol. The predicted octanol–water partition coefficient (Wildman–Crippen LogP) is 2.39. The number of rotatable bonds is 3. The molecular weight excluding hydrogens is 264 g/mol. The Morgan fingerprint density at radius 2 is 2.00 bits per heavy atom. The Bertz CT molecular complexity index is 775. The van der Waals surface area contributed by atoms with E-state index in [1.165, 1.54) is 19.3 Å². The van der Waals surface area contributed by atoms with Gasteiger partial charge in [0.2, 0.25) is 0 Å². The molecule has 0 atom stereocenters. The molecule has 3 aromatic heterocycles. The molecule has 0 saturated heterocycles. The van der Waals surface area contributed by atoms with Crippen LogP contribution in [0.15, 0.2) is 30.7 Å². The van der Waals surface area contributed by atoms with Crippen LogP contribution < -0.4 is 5.32 Å². The molecule has 4 rings (SSSR count). The zero-order valence-electron chi connectivity index (χ0n) is 11.8. The molecular formula is C15H16N6. The average molecular weight is 280 g/mol. The minimum absolute atomic E-state index is 0.522. The molecule has 1 aliphatic rings. The third kappa shape index (κ3) is 2.12. The summed E-state index contributed by atoms with van der Waals surface area (Å²) in [6, 6.07) is 4.36. The lowest BCUT2D eigenvalue weighted by Crippen LogP contribution is -2.27. The highest BCUT2D eigenvalue weighted by atomic mass is 15.3. The van der Waals surface area contributed by atoms with Gasteiger partial charge in [0.05, 0.1) is 11.6 Å². The van der Waals surface area contributed by atoms with Crippen LogP contribution in [0, 0.1) is 0 Å². The molecule has 3 heterocycles. The molecule has 6 nitrogen and oxygen atoms in total. The van der Waals surface area contributed by atoms with Gasteiger partial charge in [-0.05, 0) is 31.4 Å². The Morgan fingerprint density at radius 3 is 2.71 bits per heavy atom. The lowest BCUT2D eigenvalue weighted by Gasteiger charge is -2.27. The van der Waals surface area contributed by atoms with Gasteiger partial charge in [0.25, 0.3) is 0 Å². The molecule has 0 unspecified atom stereocenters. The number of nitrogens with zero attached hydrogens (tertiary/aromatic N) is 5. The van der Waals surface area contributed by atoms with Crippen LogP contribution in [0.25, 0.3) is 22.4 Å². The smallest absolute Gasteiger partial charge is 0.164 e. The summed E-state index contributed by atoms with van der Waals surface area (Å²) in [5.41, 5.74) is 1.81. The summed E-state index contributed by atoms with van der Waals surface area (Å²) in [6.07, 6.45) is 9.03. The van der Waals surface area contributed by atoms with E-state index in [1.54, 1.807) is 17.1 Å². The van der Waals surface area contributed by atoms with E-state index in [1.807, 2.05) is 25.4 Å². The molecule has 0 aliphatic heterocycles. The van der Waals surface area contributed by atoms with E-state index in [0.717, 1.165) is 22.4 Å². The molecule has 0 aromatic carbocycles. The Balaban J connectivity index is 1.85. The molecule has 1 N–H and O–H groups in total. The van der Waals surface area contributed by atoms with Gasteiger partial charge >= 0.3 is 0 Å². The van der Waals surface area contributed by atoms with E-state index in [0.29, 0.717) is 11.9 Å². The normalized spacial score (nSPS) is 15.1. The summed E-state index contributed by atoms with van der Waals surface area (Å²) in [4.78, 5) is 13.4. The topological polar surface area (TPSA) is 68.5 Å². The van der Waals surface area contributed by atoms with E-state index in [2.05, 4.69) is 20.4 Å². The number of nitrogens with one attached hydrogen (secondary N) is 1. The number of hydrogen-bond donors (Lipinski definition) is 1. The Labute approximate surface area is 122 Å². The molecule has 1 aliphatic carbocycles. The Morgan fingerprint density at radius 1 is 1.19 bits per heavy atom. The summed E-state index contributed by atoms with van der Waals surface area (Å²) in [6.45, 7) is 0. The first-order valence-corrected chi connectivity index (χ1v) is 7.18. The van der Waals surface area contributed by atoms with E-state index in [-0.39, 0.29) is 0 Å². The highest BCUT2D eigenvalue weighted by molar-refractivity contribution is 5.88. The number of anilines is 1. The highest BCUT2D eigenvalue weighted by Crippen LogP contribution is 2.28. The SMILES string of the molecule is Cn1ncc2c(NC3CCC3)nc(-c3ccncc3)nc21. The minimum atomic E-state index is 0.522. The summed E-state index contributed by atoms with van der Waals surface area (Å²) < 4.78 is 1.79. The van der Waals surface area contributed by atoms with Crippen molar-refractivity contribution in [1.82, 2.24) is 24.7 Å². The van der Waals surface area contributed by atoms with Crippen molar-refractivity contribution in [2.45, 2.75) is 25.3 Å². The fourth-order valence-corrected chi connectivity index (χ4v) is 2.51. The number of fused-ring (bicyclic) bond motifs is 1. The average Bonchev–Trinajstić information content (AvgIpc) is 2.85. The fraction of sp³-hybridized carbons (Fsp3) is 0.333. The van der Waals surface area contributed by atoms with Gasteiger partial charge in [-0.3, -0.25) is 9.67 Å². The van der Waals surface area contributed by atoms with Crippen molar-refractivity contribution >= 4 is 16.9 Å². The molecule has 6 heteroatoms. The van der Waals surface area contributed by atoms with Gasteiger partial charge in [-0.2, -0.15) is 5.10 Å². The second kappa shape index (κ2) is 4.80. The van der Waals surface area contributed by atoms with Crippen molar-refractivity contribution in [1.29, 1.82) is 0 Å². The largest absolute Gasteiger partial charge is 0.367 e. The van der Waals surface area contributed by atoms with E-state index < -0.39 is 0 Å². The first-order valence-electron chi connectivity index (χ1n) is 7.18. The van der Waals surface area contributed by atoms with Crippen LogP contribution in [0.1, 0.15) is 19.3 Å². The number of pyridine rings is 1. The number of aromatic nitrogens is 5. The Kier molecular flexibility index (Phi) is 2.80. The van der Waals surface area contributed by atoms with Crippen molar-refractivity contribution in [2.75, 3.05) is 5.32 Å². The van der Waals surface area contributed by atoms with Crippen LogP contribution in [-0.4, -0.2) is 30.8 Å². The monoisotopic (exact) mass is 280 g/mol. The summed E-state index contributed by atoms with van der Waals surface area (Å²) in [5, 5.41) is 8.80. The molecule has 0 amide bonds. The molecule has 1 saturated carbocycles. The van der Waals surface area contributed by atoms with Crippen molar-refractivity contribution < 1.29 is 0 Å². The van der Waals surface area contributed by atoms with Gasteiger partial charge in [0, 0.05) is 31.0 Å². The summed E-state index contributed by atoms with van der Waals surface area (Å²) in [5.74, 6) is 1.58. The van der Waals surface area contributed by atoms with Crippen LogP contribution in [0.3, 0.4) is 0 Å². The lowest BCUT2D eigenvalue weighted by molar-refractivity contribution is 0.445.